The molecule has 16 heavy (non-hydrogen) atoms. The maximum Gasteiger partial charge on any atom is 0.204 e. The summed E-state index contributed by atoms with van der Waals surface area (Å²) < 4.78 is 17.0. The lowest BCUT2D eigenvalue weighted by Crippen LogP contribution is -2.43. The van der Waals surface area contributed by atoms with Gasteiger partial charge in [-0.1, -0.05) is 20.8 Å². The summed E-state index contributed by atoms with van der Waals surface area (Å²) in [6, 6.07) is 0. The molecular weight excluding hydrogens is 240 g/mol. The molecule has 1 saturated heterocycles. The Bertz CT molecular complexity index is 240. The van der Waals surface area contributed by atoms with E-state index < -0.39 is 13.9 Å². The van der Waals surface area contributed by atoms with Crippen molar-refractivity contribution in [1.29, 1.82) is 0 Å². The van der Waals surface area contributed by atoms with Crippen LogP contribution in [0.25, 0.3) is 0 Å². The van der Waals surface area contributed by atoms with Crippen LogP contribution >= 0.6 is 12.6 Å². The molecule has 3 unspecified atom stereocenters. The van der Waals surface area contributed by atoms with E-state index in [0.29, 0.717) is 6.61 Å². The molecule has 0 aromatic rings. The zero-order valence-corrected chi connectivity index (χ0v) is 13.0. The molecular formula is C11H24O3SSi. The van der Waals surface area contributed by atoms with E-state index >= 15 is 0 Å². The highest BCUT2D eigenvalue weighted by Crippen LogP contribution is 2.37. The van der Waals surface area contributed by atoms with E-state index in [1.54, 1.807) is 0 Å². The van der Waals surface area contributed by atoms with Crippen LogP contribution in [0, 0.1) is 0 Å². The normalized spacial score (nSPS) is 32.1. The van der Waals surface area contributed by atoms with Crippen molar-refractivity contribution in [3.05, 3.63) is 0 Å². The van der Waals surface area contributed by atoms with E-state index in [1.807, 2.05) is 6.92 Å². The fourth-order valence-electron chi connectivity index (χ4n) is 1.25. The van der Waals surface area contributed by atoms with Crippen LogP contribution < -0.4 is 0 Å². The molecule has 0 aromatic heterocycles. The van der Waals surface area contributed by atoms with Gasteiger partial charge in [-0.05, 0) is 25.1 Å². The van der Waals surface area contributed by atoms with E-state index in [4.69, 9.17) is 13.9 Å². The number of hydrogen-bond donors (Lipinski definition) is 1. The first-order valence-electron chi connectivity index (χ1n) is 5.76. The summed E-state index contributed by atoms with van der Waals surface area (Å²) in [4.78, 5) is 0. The summed E-state index contributed by atoms with van der Waals surface area (Å²) in [7, 11) is -1.68. The average molecular weight is 264 g/mol. The van der Waals surface area contributed by atoms with Crippen molar-refractivity contribution in [3.8, 4) is 0 Å². The molecule has 1 fully saturated rings. The van der Waals surface area contributed by atoms with Gasteiger partial charge in [-0.3, -0.25) is 0 Å². The van der Waals surface area contributed by atoms with Crippen LogP contribution in [0.1, 0.15) is 27.7 Å². The molecule has 0 aliphatic carbocycles. The summed E-state index contributed by atoms with van der Waals surface area (Å²) in [6.07, 6.45) is 0.0730. The van der Waals surface area contributed by atoms with Crippen LogP contribution in [0.15, 0.2) is 0 Å². The Morgan fingerprint density at radius 3 is 2.19 bits per heavy atom. The van der Waals surface area contributed by atoms with Gasteiger partial charge in [0.05, 0.1) is 12.7 Å². The summed E-state index contributed by atoms with van der Waals surface area (Å²) in [6.45, 7) is 13.8. The molecule has 3 nitrogen and oxygen atoms in total. The summed E-state index contributed by atoms with van der Waals surface area (Å²) >= 11 is 4.14. The van der Waals surface area contributed by atoms with Crippen molar-refractivity contribution in [3.63, 3.8) is 0 Å². The lowest BCUT2D eigenvalue weighted by atomic mass is 10.2. The van der Waals surface area contributed by atoms with E-state index in [-0.39, 0.29) is 17.2 Å². The van der Waals surface area contributed by atoms with Gasteiger partial charge in [0.25, 0.3) is 0 Å². The van der Waals surface area contributed by atoms with Gasteiger partial charge in [-0.2, -0.15) is 0 Å². The van der Waals surface area contributed by atoms with Crippen LogP contribution in [0.3, 0.4) is 0 Å². The van der Waals surface area contributed by atoms with Crippen molar-refractivity contribution >= 4 is 20.9 Å². The van der Waals surface area contributed by atoms with Crippen LogP contribution in [0.5, 0.6) is 0 Å². The molecule has 1 heterocycles. The van der Waals surface area contributed by atoms with Crippen molar-refractivity contribution in [1.82, 2.24) is 0 Å². The Morgan fingerprint density at radius 1 is 1.25 bits per heavy atom. The molecule has 1 rings (SSSR count). The lowest BCUT2D eigenvalue weighted by molar-refractivity contribution is 0.000822. The molecule has 1 aliphatic rings. The molecule has 0 bridgehead atoms. The molecule has 96 valence electrons. The maximum atomic E-state index is 6.10. The molecule has 0 spiro atoms. The minimum Gasteiger partial charge on any atom is -0.414 e. The molecule has 0 N–H and O–H groups in total. The van der Waals surface area contributed by atoms with Gasteiger partial charge in [0.1, 0.15) is 6.10 Å². The third kappa shape index (κ3) is 3.47. The second kappa shape index (κ2) is 4.98. The lowest BCUT2D eigenvalue weighted by Gasteiger charge is -2.37. The number of thiol groups is 1. The quantitative estimate of drug-likeness (QED) is 0.627. The van der Waals surface area contributed by atoms with E-state index in [2.05, 4.69) is 46.5 Å². The summed E-state index contributed by atoms with van der Waals surface area (Å²) in [5, 5.41) is 0.232. The number of hydrogen-bond acceptors (Lipinski definition) is 4. The smallest absolute Gasteiger partial charge is 0.204 e. The van der Waals surface area contributed by atoms with Crippen LogP contribution in [0.4, 0.5) is 0 Å². The van der Waals surface area contributed by atoms with Crippen LogP contribution in [-0.4, -0.2) is 32.8 Å². The molecule has 3 atom stereocenters. The predicted octanol–water partition coefficient (Wildman–Crippen LogP) is 3.03. The van der Waals surface area contributed by atoms with E-state index in [9.17, 15) is 0 Å². The summed E-state index contributed by atoms with van der Waals surface area (Å²) in [5.41, 5.74) is -0.400. The number of ether oxygens (including phenoxy) is 2. The fourth-order valence-corrected chi connectivity index (χ4v) is 2.61. The molecule has 0 radical (unpaired) electrons. The van der Waals surface area contributed by atoms with Crippen LogP contribution in [-0.2, 0) is 13.9 Å². The molecule has 0 saturated carbocycles. The van der Waals surface area contributed by atoms with Crippen molar-refractivity contribution in [2.45, 2.75) is 63.7 Å². The molecule has 0 amide bonds. The van der Waals surface area contributed by atoms with Gasteiger partial charge < -0.3 is 13.9 Å². The molecule has 0 aromatic carbocycles. The van der Waals surface area contributed by atoms with Gasteiger partial charge in [0, 0.05) is 0 Å². The third-order valence-electron chi connectivity index (χ3n) is 3.56. The van der Waals surface area contributed by atoms with E-state index in [1.165, 1.54) is 0 Å². The molecule has 5 heteroatoms. The fraction of sp³-hybridized carbons (Fsp3) is 1.00. The number of rotatable bonds is 3. The highest BCUT2D eigenvalue weighted by Gasteiger charge is 2.39. The maximum absolute atomic E-state index is 6.10. The summed E-state index contributed by atoms with van der Waals surface area (Å²) in [5.74, 6) is 0. The monoisotopic (exact) mass is 264 g/mol. The predicted molar refractivity (Wildman–Crippen MR) is 71.3 cm³/mol. The van der Waals surface area contributed by atoms with Gasteiger partial charge in [0.2, 0.25) is 5.62 Å². The highest BCUT2D eigenvalue weighted by atomic mass is 32.1. The molecule has 1 aliphatic heterocycles. The standard InChI is InChI=1S/C11H24O3SSi/c1-8-9(14-10(15)13-8)7-12-16(5,6)11(2,3)4/h8-10,15H,7H2,1-6H3. The van der Waals surface area contributed by atoms with Crippen molar-refractivity contribution < 1.29 is 13.9 Å². The second-order valence-electron chi connectivity index (χ2n) is 5.89. The average Bonchev–Trinajstić information content (AvgIpc) is 2.39. The Labute approximate surface area is 105 Å². The zero-order valence-electron chi connectivity index (χ0n) is 11.1. The topological polar surface area (TPSA) is 27.7 Å². The Morgan fingerprint density at radius 2 is 1.81 bits per heavy atom. The zero-order chi connectivity index (χ0) is 12.6. The van der Waals surface area contributed by atoms with Crippen LogP contribution in [0.2, 0.25) is 18.1 Å². The minimum atomic E-state index is -1.68. The first kappa shape index (κ1) is 14.5. The third-order valence-corrected chi connectivity index (χ3v) is 8.30. The van der Waals surface area contributed by atoms with Crippen molar-refractivity contribution in [2.24, 2.45) is 0 Å². The Balaban J connectivity index is 2.46. The van der Waals surface area contributed by atoms with Gasteiger partial charge in [0.15, 0.2) is 8.32 Å². The first-order chi connectivity index (χ1) is 7.13. The van der Waals surface area contributed by atoms with Gasteiger partial charge in [-0.15, -0.1) is 12.6 Å². The largest absolute Gasteiger partial charge is 0.414 e. The van der Waals surface area contributed by atoms with Crippen molar-refractivity contribution in [2.75, 3.05) is 6.61 Å². The second-order valence-corrected chi connectivity index (χ2v) is 11.1. The van der Waals surface area contributed by atoms with Gasteiger partial charge in [-0.25, -0.2) is 0 Å². The SMILES string of the molecule is CC1OC(S)OC1CO[Si](C)(C)C(C)(C)C. The minimum absolute atomic E-state index is 0.0108. The van der Waals surface area contributed by atoms with E-state index in [0.717, 1.165) is 0 Å². The Hall–Kier alpha value is 0.447. The Kier molecular flexibility index (Phi) is 4.51. The first-order valence-corrected chi connectivity index (χ1v) is 9.19. The van der Waals surface area contributed by atoms with Gasteiger partial charge >= 0.3 is 0 Å². The highest BCUT2D eigenvalue weighted by molar-refractivity contribution is 7.80.